The molecule has 0 radical (unpaired) electrons. The van der Waals surface area contributed by atoms with Gasteiger partial charge in [-0.25, -0.2) is 8.42 Å². The van der Waals surface area contributed by atoms with Gasteiger partial charge >= 0.3 is 0 Å². The Labute approximate surface area is 190 Å². The molecule has 1 atom stereocenters. The fourth-order valence-electron chi connectivity index (χ4n) is 3.95. The van der Waals surface area contributed by atoms with Gasteiger partial charge in [-0.1, -0.05) is 43.1 Å². The smallest absolute Gasteiger partial charge is 0.261 e. The normalized spacial score (nSPS) is 17.3. The molecule has 2 aromatic rings. The van der Waals surface area contributed by atoms with Crippen LogP contribution in [0.1, 0.15) is 49.4 Å². The maximum atomic E-state index is 12.5. The van der Waals surface area contributed by atoms with E-state index in [-0.39, 0.29) is 21.5 Å². The number of carbonyl (C=O) groups excluding carboxylic acids is 1. The van der Waals surface area contributed by atoms with E-state index in [2.05, 4.69) is 21.9 Å². The third kappa shape index (κ3) is 6.45. The van der Waals surface area contributed by atoms with Crippen LogP contribution in [0.5, 0.6) is 0 Å². The van der Waals surface area contributed by atoms with E-state index in [1.165, 1.54) is 49.9 Å². The van der Waals surface area contributed by atoms with Gasteiger partial charge in [0.2, 0.25) is 0 Å². The first-order chi connectivity index (χ1) is 14.9. The molecule has 3 rings (SSSR count). The highest BCUT2D eigenvalue weighted by atomic mass is 35.5. The first-order valence-electron chi connectivity index (χ1n) is 10.8. The van der Waals surface area contributed by atoms with Gasteiger partial charge in [-0.2, -0.15) is 0 Å². The number of sulfonamides is 1. The number of rotatable bonds is 9. The lowest BCUT2D eigenvalue weighted by atomic mass is 10.00. The molecule has 1 saturated heterocycles. The average molecular weight is 464 g/mol. The van der Waals surface area contributed by atoms with Crippen LogP contribution in [0, 0.1) is 0 Å². The van der Waals surface area contributed by atoms with Crippen molar-refractivity contribution in [2.24, 2.45) is 0 Å². The van der Waals surface area contributed by atoms with Gasteiger partial charge in [-0.05, 0) is 62.6 Å². The minimum atomic E-state index is -3.74. The number of carbonyl (C=O) groups is 1. The third-order valence-corrected chi connectivity index (χ3v) is 7.35. The summed E-state index contributed by atoms with van der Waals surface area (Å²) in [6, 6.07) is 13.3. The lowest BCUT2D eigenvalue weighted by Crippen LogP contribution is -2.40. The predicted molar refractivity (Wildman–Crippen MR) is 125 cm³/mol. The first-order valence-corrected chi connectivity index (χ1v) is 12.7. The molecule has 1 fully saturated rings. The van der Waals surface area contributed by atoms with E-state index in [9.17, 15) is 13.2 Å². The zero-order chi connectivity index (χ0) is 22.3. The Balaban J connectivity index is 1.52. The van der Waals surface area contributed by atoms with E-state index < -0.39 is 10.0 Å². The molecule has 1 heterocycles. The third-order valence-electron chi connectivity index (χ3n) is 5.66. The summed E-state index contributed by atoms with van der Waals surface area (Å²) >= 11 is 6.25. The number of anilines is 1. The van der Waals surface area contributed by atoms with Crippen LogP contribution in [-0.2, 0) is 10.0 Å². The second-order valence-corrected chi connectivity index (χ2v) is 9.91. The van der Waals surface area contributed by atoms with E-state index in [1.807, 2.05) is 0 Å². The molecule has 0 spiro atoms. The molecule has 31 heavy (non-hydrogen) atoms. The summed E-state index contributed by atoms with van der Waals surface area (Å²) in [6.45, 7) is 4.95. The molecule has 6 nitrogen and oxygen atoms in total. The van der Waals surface area contributed by atoms with Crippen LogP contribution in [0.3, 0.4) is 0 Å². The number of piperidine rings is 1. The molecule has 0 saturated carbocycles. The standard InChI is InChI=1S/C23H30ClN3O3S/c1-2-19-9-6-7-15-27(19)16-8-14-25-23(28)18-12-13-22(21(24)17-18)26-31(29,30)20-10-4-3-5-11-20/h3-5,10-13,17,19,26H,2,6-9,14-16H2,1H3,(H,25,28)/t19-/m1/s1. The molecule has 0 aromatic heterocycles. The summed E-state index contributed by atoms with van der Waals surface area (Å²) in [5.74, 6) is -0.218. The van der Waals surface area contributed by atoms with Crippen LogP contribution in [0.2, 0.25) is 5.02 Å². The zero-order valence-electron chi connectivity index (χ0n) is 17.8. The summed E-state index contributed by atoms with van der Waals surface area (Å²) in [6.07, 6.45) is 5.89. The summed E-state index contributed by atoms with van der Waals surface area (Å²) < 4.78 is 27.4. The van der Waals surface area contributed by atoms with Crippen molar-refractivity contribution in [1.82, 2.24) is 10.2 Å². The van der Waals surface area contributed by atoms with Gasteiger partial charge in [0, 0.05) is 24.7 Å². The van der Waals surface area contributed by atoms with Crippen molar-refractivity contribution in [1.29, 1.82) is 0 Å². The predicted octanol–water partition coefficient (Wildman–Crippen LogP) is 4.53. The molecule has 8 heteroatoms. The van der Waals surface area contributed by atoms with Gasteiger partial charge in [0.1, 0.15) is 0 Å². The lowest BCUT2D eigenvalue weighted by molar-refractivity contribution is 0.0947. The van der Waals surface area contributed by atoms with Gasteiger partial charge in [-0.15, -0.1) is 0 Å². The molecule has 0 bridgehead atoms. The quantitative estimate of drug-likeness (QED) is 0.535. The van der Waals surface area contributed by atoms with Crippen molar-refractivity contribution in [2.75, 3.05) is 24.4 Å². The number of nitrogens with one attached hydrogen (secondary N) is 2. The molecule has 1 aliphatic rings. The van der Waals surface area contributed by atoms with Crippen LogP contribution >= 0.6 is 11.6 Å². The minimum absolute atomic E-state index is 0.145. The summed E-state index contributed by atoms with van der Waals surface area (Å²) in [5, 5.41) is 3.10. The number of hydrogen-bond donors (Lipinski definition) is 2. The summed E-state index contributed by atoms with van der Waals surface area (Å²) in [7, 11) is -3.74. The monoisotopic (exact) mass is 463 g/mol. The van der Waals surface area contributed by atoms with Crippen LogP contribution in [-0.4, -0.2) is 44.9 Å². The van der Waals surface area contributed by atoms with Gasteiger partial charge < -0.3 is 10.2 Å². The Morgan fingerprint density at radius 3 is 2.65 bits per heavy atom. The molecular formula is C23H30ClN3O3S. The minimum Gasteiger partial charge on any atom is -0.352 e. The van der Waals surface area contributed by atoms with Crippen LogP contribution in [0.15, 0.2) is 53.4 Å². The van der Waals surface area contributed by atoms with Crippen molar-refractivity contribution in [3.63, 3.8) is 0 Å². The summed E-state index contributed by atoms with van der Waals surface area (Å²) in [5.41, 5.74) is 0.634. The number of hydrogen-bond acceptors (Lipinski definition) is 4. The molecule has 2 aromatic carbocycles. The lowest BCUT2D eigenvalue weighted by Gasteiger charge is -2.35. The van der Waals surface area contributed by atoms with E-state index in [4.69, 9.17) is 11.6 Å². The maximum absolute atomic E-state index is 12.5. The second kappa shape index (κ2) is 11.0. The number of halogens is 1. The largest absolute Gasteiger partial charge is 0.352 e. The Hall–Kier alpha value is -2.09. The molecule has 0 unspecified atom stereocenters. The fourth-order valence-corrected chi connectivity index (χ4v) is 5.33. The average Bonchev–Trinajstić information content (AvgIpc) is 2.78. The van der Waals surface area contributed by atoms with E-state index in [0.717, 1.165) is 19.5 Å². The van der Waals surface area contributed by atoms with E-state index >= 15 is 0 Å². The molecule has 168 valence electrons. The van der Waals surface area contributed by atoms with Crippen molar-refractivity contribution in [3.05, 3.63) is 59.1 Å². The van der Waals surface area contributed by atoms with Gasteiger partial charge in [0.25, 0.3) is 15.9 Å². The molecule has 0 aliphatic carbocycles. The number of likely N-dealkylation sites (tertiary alicyclic amines) is 1. The van der Waals surface area contributed by atoms with Crippen LogP contribution in [0.4, 0.5) is 5.69 Å². The van der Waals surface area contributed by atoms with Gasteiger partial charge in [0.15, 0.2) is 0 Å². The topological polar surface area (TPSA) is 78.5 Å². The second-order valence-electron chi connectivity index (χ2n) is 7.82. The Kier molecular flexibility index (Phi) is 8.35. The van der Waals surface area contributed by atoms with Crippen LogP contribution in [0.25, 0.3) is 0 Å². The van der Waals surface area contributed by atoms with Crippen molar-refractivity contribution >= 4 is 33.2 Å². The van der Waals surface area contributed by atoms with Gasteiger partial charge in [-0.3, -0.25) is 9.52 Å². The fraction of sp³-hybridized carbons (Fsp3) is 0.435. The van der Waals surface area contributed by atoms with Crippen molar-refractivity contribution in [2.45, 2.75) is 50.0 Å². The highest BCUT2D eigenvalue weighted by molar-refractivity contribution is 7.92. The van der Waals surface area contributed by atoms with E-state index in [1.54, 1.807) is 24.3 Å². The van der Waals surface area contributed by atoms with Gasteiger partial charge in [0.05, 0.1) is 15.6 Å². The molecule has 1 amide bonds. The Bertz CT molecular complexity index is 983. The van der Waals surface area contributed by atoms with E-state index in [0.29, 0.717) is 18.2 Å². The number of nitrogens with zero attached hydrogens (tertiary/aromatic N) is 1. The highest BCUT2D eigenvalue weighted by Crippen LogP contribution is 2.26. The Morgan fingerprint density at radius 2 is 1.94 bits per heavy atom. The molecular weight excluding hydrogens is 434 g/mol. The SMILES string of the molecule is CC[C@@H]1CCCCN1CCCNC(=O)c1ccc(NS(=O)(=O)c2ccccc2)c(Cl)c1. The Morgan fingerprint density at radius 1 is 1.16 bits per heavy atom. The van der Waals surface area contributed by atoms with Crippen molar-refractivity contribution in [3.8, 4) is 0 Å². The summed E-state index contributed by atoms with van der Waals surface area (Å²) in [4.78, 5) is 15.1. The zero-order valence-corrected chi connectivity index (χ0v) is 19.4. The molecule has 2 N–H and O–H groups in total. The highest BCUT2D eigenvalue weighted by Gasteiger charge is 2.20. The number of benzene rings is 2. The number of amides is 1. The molecule has 1 aliphatic heterocycles. The van der Waals surface area contributed by atoms with Crippen molar-refractivity contribution < 1.29 is 13.2 Å². The maximum Gasteiger partial charge on any atom is 0.261 e. The first kappa shape index (κ1) is 23.6. The van der Waals surface area contributed by atoms with Crippen LogP contribution < -0.4 is 10.0 Å².